The molecule has 0 aromatic carbocycles. The standard InChI is InChI=1S/C20H37N3O3/c1-3-21-20(22-13-8-16-26-18-9-6-5-7-10-18)23-14-11-17(12-15-23)19(24)25-4-2/h17-18H,3-16H2,1-2H3,(H,21,22). The summed E-state index contributed by atoms with van der Waals surface area (Å²) in [5.74, 6) is 0.958. The van der Waals surface area contributed by atoms with Gasteiger partial charge in [-0.15, -0.1) is 0 Å². The molecule has 0 spiro atoms. The Labute approximate surface area is 158 Å². The number of ether oxygens (including phenoxy) is 2. The summed E-state index contributed by atoms with van der Waals surface area (Å²) in [7, 11) is 0. The van der Waals surface area contributed by atoms with Gasteiger partial charge in [0, 0.05) is 32.8 Å². The Kier molecular flexibility index (Phi) is 9.82. The van der Waals surface area contributed by atoms with Crippen molar-refractivity contribution in [3.8, 4) is 0 Å². The van der Waals surface area contributed by atoms with E-state index in [0.29, 0.717) is 12.7 Å². The Balaban J connectivity index is 1.69. The molecule has 0 atom stereocenters. The number of aliphatic imine (C=N–C) groups is 1. The van der Waals surface area contributed by atoms with Crippen molar-refractivity contribution in [1.82, 2.24) is 10.2 Å². The summed E-state index contributed by atoms with van der Waals surface area (Å²) >= 11 is 0. The monoisotopic (exact) mass is 367 g/mol. The first-order chi connectivity index (χ1) is 12.7. The zero-order chi connectivity index (χ0) is 18.6. The highest BCUT2D eigenvalue weighted by Gasteiger charge is 2.27. The highest BCUT2D eigenvalue weighted by atomic mass is 16.5. The van der Waals surface area contributed by atoms with Gasteiger partial charge in [-0.05, 0) is 46.0 Å². The van der Waals surface area contributed by atoms with Crippen LogP contribution in [-0.2, 0) is 14.3 Å². The Hall–Kier alpha value is -1.30. The highest BCUT2D eigenvalue weighted by molar-refractivity contribution is 5.80. The van der Waals surface area contributed by atoms with Gasteiger partial charge in [0.15, 0.2) is 5.96 Å². The smallest absolute Gasteiger partial charge is 0.309 e. The summed E-state index contributed by atoms with van der Waals surface area (Å²) < 4.78 is 11.1. The number of guanidine groups is 1. The second-order valence-electron chi connectivity index (χ2n) is 7.23. The number of likely N-dealkylation sites (tertiary alicyclic amines) is 1. The second-order valence-corrected chi connectivity index (χ2v) is 7.23. The molecule has 2 fully saturated rings. The minimum absolute atomic E-state index is 0.0398. The van der Waals surface area contributed by atoms with Crippen LogP contribution < -0.4 is 5.32 Å². The van der Waals surface area contributed by atoms with Gasteiger partial charge >= 0.3 is 5.97 Å². The van der Waals surface area contributed by atoms with Crippen LogP contribution >= 0.6 is 0 Å². The zero-order valence-electron chi connectivity index (χ0n) is 16.7. The Morgan fingerprint density at radius 3 is 2.50 bits per heavy atom. The lowest BCUT2D eigenvalue weighted by Crippen LogP contribution is -2.46. The molecule has 0 amide bonds. The summed E-state index contributed by atoms with van der Waals surface area (Å²) in [5, 5.41) is 3.38. The van der Waals surface area contributed by atoms with Crippen LogP contribution in [-0.4, -0.2) is 62.3 Å². The topological polar surface area (TPSA) is 63.2 Å². The van der Waals surface area contributed by atoms with Gasteiger partial charge in [-0.1, -0.05) is 19.3 Å². The van der Waals surface area contributed by atoms with Crippen molar-refractivity contribution in [2.45, 2.75) is 71.3 Å². The van der Waals surface area contributed by atoms with E-state index < -0.39 is 0 Å². The maximum absolute atomic E-state index is 11.9. The maximum atomic E-state index is 11.9. The molecular weight excluding hydrogens is 330 g/mol. The molecule has 0 aromatic heterocycles. The third-order valence-electron chi connectivity index (χ3n) is 5.22. The minimum Gasteiger partial charge on any atom is -0.466 e. The Morgan fingerprint density at radius 2 is 1.85 bits per heavy atom. The lowest BCUT2D eigenvalue weighted by molar-refractivity contribution is -0.149. The first-order valence-corrected chi connectivity index (χ1v) is 10.6. The average molecular weight is 368 g/mol. The molecule has 1 heterocycles. The van der Waals surface area contributed by atoms with E-state index in [1.54, 1.807) is 0 Å². The number of esters is 1. The van der Waals surface area contributed by atoms with Crippen LogP contribution in [0.15, 0.2) is 4.99 Å². The van der Waals surface area contributed by atoms with Crippen LogP contribution in [0.4, 0.5) is 0 Å². The van der Waals surface area contributed by atoms with Crippen LogP contribution in [0.1, 0.15) is 65.2 Å². The van der Waals surface area contributed by atoms with Gasteiger partial charge in [-0.2, -0.15) is 0 Å². The normalized spacial score (nSPS) is 20.2. The summed E-state index contributed by atoms with van der Waals surface area (Å²) in [6, 6.07) is 0. The lowest BCUT2D eigenvalue weighted by Gasteiger charge is -2.33. The Bertz CT molecular complexity index is 428. The fourth-order valence-corrected chi connectivity index (χ4v) is 3.74. The molecule has 1 aliphatic heterocycles. The van der Waals surface area contributed by atoms with Crippen molar-refractivity contribution in [3.05, 3.63) is 0 Å². The van der Waals surface area contributed by atoms with E-state index in [-0.39, 0.29) is 11.9 Å². The number of rotatable bonds is 8. The molecule has 150 valence electrons. The molecule has 1 saturated carbocycles. The summed E-state index contributed by atoms with van der Waals surface area (Å²) in [6.45, 7) is 8.57. The van der Waals surface area contributed by atoms with Crippen molar-refractivity contribution in [3.63, 3.8) is 0 Å². The van der Waals surface area contributed by atoms with Gasteiger partial charge in [-0.25, -0.2) is 0 Å². The number of nitrogens with zero attached hydrogens (tertiary/aromatic N) is 2. The van der Waals surface area contributed by atoms with E-state index in [2.05, 4.69) is 17.1 Å². The highest BCUT2D eigenvalue weighted by Crippen LogP contribution is 2.20. The Morgan fingerprint density at radius 1 is 1.12 bits per heavy atom. The first-order valence-electron chi connectivity index (χ1n) is 10.6. The van der Waals surface area contributed by atoms with Gasteiger partial charge < -0.3 is 19.7 Å². The fraction of sp³-hybridized carbons (Fsp3) is 0.900. The third kappa shape index (κ3) is 7.14. The number of hydrogen-bond acceptors (Lipinski definition) is 4. The van der Waals surface area contributed by atoms with Crippen LogP contribution in [0.3, 0.4) is 0 Å². The molecule has 1 aliphatic carbocycles. The van der Waals surface area contributed by atoms with E-state index in [9.17, 15) is 4.79 Å². The van der Waals surface area contributed by atoms with E-state index in [1.165, 1.54) is 32.1 Å². The SMILES string of the molecule is CCNC(=NCCCOC1CCCCC1)N1CCC(C(=O)OCC)CC1. The van der Waals surface area contributed by atoms with Crippen molar-refractivity contribution in [2.75, 3.05) is 39.4 Å². The molecule has 0 bridgehead atoms. The second kappa shape index (κ2) is 12.2. The average Bonchev–Trinajstić information content (AvgIpc) is 2.68. The maximum Gasteiger partial charge on any atom is 0.309 e. The first kappa shape index (κ1) is 21.0. The molecule has 0 unspecified atom stereocenters. The number of carbonyl (C=O) groups is 1. The molecule has 6 nitrogen and oxygen atoms in total. The zero-order valence-corrected chi connectivity index (χ0v) is 16.7. The molecule has 2 rings (SSSR count). The number of piperidine rings is 1. The van der Waals surface area contributed by atoms with Gasteiger partial charge in [0.05, 0.1) is 18.6 Å². The van der Waals surface area contributed by atoms with Crippen LogP contribution in [0.2, 0.25) is 0 Å². The molecule has 1 saturated heterocycles. The molecule has 1 N–H and O–H groups in total. The van der Waals surface area contributed by atoms with Gasteiger partial charge in [-0.3, -0.25) is 9.79 Å². The summed E-state index contributed by atoms with van der Waals surface area (Å²) in [4.78, 5) is 18.9. The number of hydrogen-bond donors (Lipinski definition) is 1. The predicted octanol–water partition coefficient (Wildman–Crippen LogP) is 2.97. The number of carbonyl (C=O) groups excluding carboxylic acids is 1. The molecule has 0 aromatic rings. The van der Waals surface area contributed by atoms with Crippen molar-refractivity contribution in [1.29, 1.82) is 0 Å². The largest absolute Gasteiger partial charge is 0.466 e. The van der Waals surface area contributed by atoms with Crippen LogP contribution in [0, 0.1) is 5.92 Å². The third-order valence-corrected chi connectivity index (χ3v) is 5.22. The van der Waals surface area contributed by atoms with E-state index in [0.717, 1.165) is 58.0 Å². The van der Waals surface area contributed by atoms with Gasteiger partial charge in [0.2, 0.25) is 0 Å². The molecule has 2 aliphatic rings. The van der Waals surface area contributed by atoms with Crippen LogP contribution in [0.5, 0.6) is 0 Å². The van der Waals surface area contributed by atoms with Crippen molar-refractivity contribution < 1.29 is 14.3 Å². The molecule has 26 heavy (non-hydrogen) atoms. The quantitative estimate of drug-likeness (QED) is 0.309. The van der Waals surface area contributed by atoms with Crippen molar-refractivity contribution >= 4 is 11.9 Å². The van der Waals surface area contributed by atoms with Gasteiger partial charge in [0.1, 0.15) is 0 Å². The predicted molar refractivity (Wildman–Crippen MR) is 104 cm³/mol. The molecule has 0 radical (unpaired) electrons. The summed E-state index contributed by atoms with van der Waals surface area (Å²) in [6.07, 6.45) is 9.56. The van der Waals surface area contributed by atoms with Gasteiger partial charge in [0.25, 0.3) is 0 Å². The fourth-order valence-electron chi connectivity index (χ4n) is 3.74. The number of nitrogens with one attached hydrogen (secondary N) is 1. The van der Waals surface area contributed by atoms with E-state index in [4.69, 9.17) is 14.5 Å². The molecule has 6 heteroatoms. The van der Waals surface area contributed by atoms with E-state index >= 15 is 0 Å². The van der Waals surface area contributed by atoms with E-state index in [1.807, 2.05) is 6.92 Å². The van der Waals surface area contributed by atoms with Crippen LogP contribution in [0.25, 0.3) is 0 Å². The lowest BCUT2D eigenvalue weighted by atomic mass is 9.97. The minimum atomic E-state index is -0.0473. The summed E-state index contributed by atoms with van der Waals surface area (Å²) in [5.41, 5.74) is 0. The van der Waals surface area contributed by atoms with Crippen molar-refractivity contribution in [2.24, 2.45) is 10.9 Å². The molecular formula is C20H37N3O3.